The summed E-state index contributed by atoms with van der Waals surface area (Å²) in [7, 11) is 1.11. The summed E-state index contributed by atoms with van der Waals surface area (Å²) in [5.74, 6) is 0. The van der Waals surface area contributed by atoms with Crippen molar-refractivity contribution in [3.05, 3.63) is 29.8 Å². The van der Waals surface area contributed by atoms with Gasteiger partial charge < -0.3 is 5.32 Å². The summed E-state index contributed by atoms with van der Waals surface area (Å²) in [6.45, 7) is 2.05. The Kier molecular flexibility index (Phi) is 3.77. The zero-order valence-electron chi connectivity index (χ0n) is 9.90. The Hall–Kier alpha value is -0.670. The van der Waals surface area contributed by atoms with E-state index in [-0.39, 0.29) is 5.25 Å². The summed E-state index contributed by atoms with van der Waals surface area (Å²) >= 11 is 0. The SMILES string of the molecule is CNC1CCCC1S(=O)c1cccc(C)c1. The van der Waals surface area contributed by atoms with Crippen molar-refractivity contribution in [3.8, 4) is 0 Å². The molecule has 1 aliphatic carbocycles. The largest absolute Gasteiger partial charge is 0.316 e. The molecular weight excluding hydrogens is 218 g/mol. The van der Waals surface area contributed by atoms with E-state index in [1.165, 1.54) is 12.0 Å². The predicted molar refractivity (Wildman–Crippen MR) is 68.1 cm³/mol. The number of rotatable bonds is 3. The van der Waals surface area contributed by atoms with E-state index in [0.29, 0.717) is 6.04 Å². The molecule has 1 fully saturated rings. The maximum atomic E-state index is 12.4. The highest BCUT2D eigenvalue weighted by Gasteiger charge is 2.31. The Morgan fingerprint density at radius 2 is 2.19 bits per heavy atom. The quantitative estimate of drug-likeness (QED) is 0.873. The van der Waals surface area contributed by atoms with Crippen molar-refractivity contribution in [2.24, 2.45) is 0 Å². The second-order valence-electron chi connectivity index (χ2n) is 4.48. The molecule has 1 aromatic carbocycles. The van der Waals surface area contributed by atoms with Crippen molar-refractivity contribution >= 4 is 10.8 Å². The second-order valence-corrected chi connectivity index (χ2v) is 6.15. The Balaban J connectivity index is 2.18. The first kappa shape index (κ1) is 11.8. The molecule has 1 saturated carbocycles. The summed E-state index contributed by atoms with van der Waals surface area (Å²) in [4.78, 5) is 0.979. The van der Waals surface area contributed by atoms with Gasteiger partial charge in [0.05, 0.1) is 16.0 Å². The lowest BCUT2D eigenvalue weighted by molar-refractivity contribution is 0.576. The molecule has 0 heterocycles. The Bertz CT molecular complexity index is 391. The molecule has 1 N–H and O–H groups in total. The number of hydrogen-bond acceptors (Lipinski definition) is 2. The number of nitrogens with one attached hydrogen (secondary N) is 1. The number of aryl methyl sites for hydroxylation is 1. The van der Waals surface area contributed by atoms with Crippen molar-refractivity contribution < 1.29 is 4.21 Å². The van der Waals surface area contributed by atoms with Gasteiger partial charge in [0.25, 0.3) is 0 Å². The molecule has 1 aromatic rings. The summed E-state index contributed by atoms with van der Waals surface area (Å²) in [6.07, 6.45) is 3.42. The molecule has 3 unspecified atom stereocenters. The third-order valence-electron chi connectivity index (χ3n) is 3.32. The highest BCUT2D eigenvalue weighted by molar-refractivity contribution is 7.85. The van der Waals surface area contributed by atoms with Crippen molar-refractivity contribution in [1.29, 1.82) is 0 Å². The predicted octanol–water partition coefficient (Wildman–Crippen LogP) is 2.24. The Morgan fingerprint density at radius 3 is 2.88 bits per heavy atom. The van der Waals surface area contributed by atoms with Crippen LogP contribution < -0.4 is 5.32 Å². The summed E-state index contributed by atoms with van der Waals surface area (Å²) in [6, 6.07) is 8.48. The fraction of sp³-hybridized carbons (Fsp3) is 0.538. The third-order valence-corrected chi connectivity index (χ3v) is 5.15. The van der Waals surface area contributed by atoms with Crippen LogP contribution in [0.25, 0.3) is 0 Å². The minimum absolute atomic E-state index is 0.284. The first-order valence-electron chi connectivity index (χ1n) is 5.87. The molecule has 0 amide bonds. The monoisotopic (exact) mass is 237 g/mol. The molecular formula is C13H19NOS. The van der Waals surface area contributed by atoms with Crippen LogP contribution in [-0.2, 0) is 10.8 Å². The average molecular weight is 237 g/mol. The summed E-state index contributed by atoms with van der Waals surface area (Å²) in [5.41, 5.74) is 1.19. The van der Waals surface area contributed by atoms with E-state index in [0.717, 1.165) is 17.7 Å². The van der Waals surface area contributed by atoms with Gasteiger partial charge in [-0.3, -0.25) is 4.21 Å². The molecule has 0 spiro atoms. The van der Waals surface area contributed by atoms with Gasteiger partial charge in [0.15, 0.2) is 0 Å². The molecule has 0 radical (unpaired) electrons. The van der Waals surface area contributed by atoms with Gasteiger partial charge in [0, 0.05) is 10.9 Å². The van der Waals surface area contributed by atoms with E-state index in [1.807, 2.05) is 38.2 Å². The number of benzene rings is 1. The van der Waals surface area contributed by atoms with Gasteiger partial charge in [-0.1, -0.05) is 18.6 Å². The molecule has 0 aliphatic heterocycles. The minimum atomic E-state index is -0.861. The van der Waals surface area contributed by atoms with Crippen LogP contribution in [0.4, 0.5) is 0 Å². The van der Waals surface area contributed by atoms with Crippen molar-refractivity contribution in [2.75, 3.05) is 7.05 Å². The molecule has 1 aliphatic rings. The van der Waals surface area contributed by atoms with Gasteiger partial charge in [-0.05, 0) is 44.5 Å². The topological polar surface area (TPSA) is 29.1 Å². The van der Waals surface area contributed by atoms with Crippen LogP contribution in [0.2, 0.25) is 0 Å². The highest BCUT2D eigenvalue weighted by Crippen LogP contribution is 2.27. The smallest absolute Gasteiger partial charge is 0.0576 e. The van der Waals surface area contributed by atoms with Gasteiger partial charge >= 0.3 is 0 Å². The second kappa shape index (κ2) is 5.11. The Morgan fingerprint density at radius 1 is 1.38 bits per heavy atom. The third kappa shape index (κ3) is 2.36. The van der Waals surface area contributed by atoms with Gasteiger partial charge in [0.2, 0.25) is 0 Å². The zero-order valence-corrected chi connectivity index (χ0v) is 10.7. The van der Waals surface area contributed by atoms with Crippen LogP contribution in [0.1, 0.15) is 24.8 Å². The molecule has 2 rings (SSSR count). The van der Waals surface area contributed by atoms with E-state index in [9.17, 15) is 4.21 Å². The molecule has 3 heteroatoms. The normalized spacial score (nSPS) is 26.9. The van der Waals surface area contributed by atoms with Crippen molar-refractivity contribution in [1.82, 2.24) is 5.32 Å². The van der Waals surface area contributed by atoms with Crippen LogP contribution in [0.15, 0.2) is 29.2 Å². The van der Waals surface area contributed by atoms with Crippen molar-refractivity contribution in [2.45, 2.75) is 42.4 Å². The molecule has 2 nitrogen and oxygen atoms in total. The molecule has 0 saturated heterocycles. The van der Waals surface area contributed by atoms with Crippen LogP contribution >= 0.6 is 0 Å². The molecule has 0 bridgehead atoms. The lowest BCUT2D eigenvalue weighted by Crippen LogP contribution is -2.35. The summed E-state index contributed by atoms with van der Waals surface area (Å²) in [5, 5.41) is 3.57. The van der Waals surface area contributed by atoms with Gasteiger partial charge in [-0.25, -0.2) is 0 Å². The molecule has 16 heavy (non-hydrogen) atoms. The maximum Gasteiger partial charge on any atom is 0.0576 e. The fourth-order valence-electron chi connectivity index (χ4n) is 2.43. The van der Waals surface area contributed by atoms with Crippen LogP contribution in [-0.4, -0.2) is 22.5 Å². The Labute approximate surface area is 99.9 Å². The van der Waals surface area contributed by atoms with E-state index in [4.69, 9.17) is 0 Å². The molecule has 88 valence electrons. The van der Waals surface area contributed by atoms with Gasteiger partial charge in [-0.15, -0.1) is 0 Å². The van der Waals surface area contributed by atoms with E-state index in [1.54, 1.807) is 0 Å². The first-order valence-corrected chi connectivity index (χ1v) is 7.08. The van der Waals surface area contributed by atoms with E-state index in [2.05, 4.69) is 5.32 Å². The standard InChI is InChI=1S/C13H19NOS/c1-10-5-3-6-11(9-10)16(15)13-8-4-7-12(13)14-2/h3,5-6,9,12-14H,4,7-8H2,1-2H3. The lowest BCUT2D eigenvalue weighted by atomic mass is 10.2. The van der Waals surface area contributed by atoms with Crippen molar-refractivity contribution in [3.63, 3.8) is 0 Å². The first-order chi connectivity index (χ1) is 7.72. The minimum Gasteiger partial charge on any atom is -0.316 e. The zero-order chi connectivity index (χ0) is 11.5. The maximum absolute atomic E-state index is 12.4. The average Bonchev–Trinajstić information content (AvgIpc) is 2.76. The van der Waals surface area contributed by atoms with Crippen LogP contribution in [0, 0.1) is 6.92 Å². The van der Waals surface area contributed by atoms with Gasteiger partial charge in [-0.2, -0.15) is 0 Å². The van der Waals surface area contributed by atoms with Crippen LogP contribution in [0.3, 0.4) is 0 Å². The number of hydrogen-bond donors (Lipinski definition) is 1. The highest BCUT2D eigenvalue weighted by atomic mass is 32.2. The summed E-state index contributed by atoms with van der Waals surface area (Å²) < 4.78 is 12.4. The van der Waals surface area contributed by atoms with Gasteiger partial charge in [0.1, 0.15) is 0 Å². The lowest BCUT2D eigenvalue weighted by Gasteiger charge is -2.18. The van der Waals surface area contributed by atoms with E-state index < -0.39 is 10.8 Å². The van der Waals surface area contributed by atoms with E-state index >= 15 is 0 Å². The molecule has 3 atom stereocenters. The molecule has 0 aromatic heterocycles. The fourth-order valence-corrected chi connectivity index (χ4v) is 4.24. The van der Waals surface area contributed by atoms with Crippen LogP contribution in [0.5, 0.6) is 0 Å².